The summed E-state index contributed by atoms with van der Waals surface area (Å²) in [5.74, 6) is -3.07. The number of benzene rings is 1. The van der Waals surface area contributed by atoms with Gasteiger partial charge < -0.3 is 4.74 Å². The number of hydrogen-bond acceptors (Lipinski definition) is 2. The molecule has 0 radical (unpaired) electrons. The molecule has 0 aliphatic heterocycles. The van der Waals surface area contributed by atoms with Gasteiger partial charge in [-0.15, -0.1) is 0 Å². The first-order valence-electron chi connectivity index (χ1n) is 7.15. The van der Waals surface area contributed by atoms with Crippen LogP contribution in [0.5, 0.6) is 0 Å². The van der Waals surface area contributed by atoms with Crippen molar-refractivity contribution in [2.45, 2.75) is 46.2 Å². The van der Waals surface area contributed by atoms with Gasteiger partial charge in [0.1, 0.15) is 12.4 Å². The molecule has 1 aromatic rings. The van der Waals surface area contributed by atoms with Crippen LogP contribution in [0.1, 0.15) is 32.8 Å². The molecular weight excluding hydrogens is 357 g/mol. The number of carbonyl (C=O) groups excluding carboxylic acids is 1. The second-order valence-corrected chi connectivity index (χ2v) is 6.84. The third-order valence-electron chi connectivity index (χ3n) is 3.39. The van der Waals surface area contributed by atoms with Crippen LogP contribution >= 0.6 is 0 Å². The van der Waals surface area contributed by atoms with Gasteiger partial charge in [-0.1, -0.05) is 32.9 Å². The minimum atomic E-state index is -5.89. The molecule has 1 rings (SSSR count). The summed E-state index contributed by atoms with van der Waals surface area (Å²) >= 11 is 0. The highest BCUT2D eigenvalue weighted by Gasteiger charge is 2.77. The average Bonchev–Trinajstić information content (AvgIpc) is 2.40. The smallest absolute Gasteiger partial charge is 0.413 e. The molecule has 0 bridgehead atoms. The highest BCUT2D eigenvalue weighted by atomic mass is 19.4. The number of halogens is 7. The summed E-state index contributed by atoms with van der Waals surface area (Å²) in [5.41, 5.74) is -6.04. The van der Waals surface area contributed by atoms with E-state index < -0.39 is 48.0 Å². The normalized spacial score (nSPS) is 13.7. The topological polar surface area (TPSA) is 26.3 Å². The van der Waals surface area contributed by atoms with Gasteiger partial charge >= 0.3 is 18.3 Å². The van der Waals surface area contributed by atoms with Gasteiger partial charge in [0.25, 0.3) is 5.41 Å². The van der Waals surface area contributed by atoms with Crippen molar-refractivity contribution in [2.24, 2.45) is 10.8 Å². The Hall–Kier alpha value is -1.80. The van der Waals surface area contributed by atoms with E-state index in [1.165, 1.54) is 0 Å². The van der Waals surface area contributed by atoms with Crippen molar-refractivity contribution in [3.05, 3.63) is 35.6 Å². The van der Waals surface area contributed by atoms with Gasteiger partial charge in [-0.05, 0) is 29.5 Å². The molecule has 0 N–H and O–H groups in total. The molecule has 0 fully saturated rings. The first-order valence-corrected chi connectivity index (χ1v) is 7.15. The number of esters is 1. The molecule has 2 nitrogen and oxygen atoms in total. The van der Waals surface area contributed by atoms with Crippen LogP contribution in [0.3, 0.4) is 0 Å². The average molecular weight is 374 g/mol. The molecule has 1 aromatic carbocycles. The molecule has 25 heavy (non-hydrogen) atoms. The molecule has 0 saturated heterocycles. The molecule has 0 saturated carbocycles. The summed E-state index contributed by atoms with van der Waals surface area (Å²) in [4.78, 5) is 11.9. The molecule has 0 aromatic heterocycles. The summed E-state index contributed by atoms with van der Waals surface area (Å²) in [6, 6.07) is 4.07. The van der Waals surface area contributed by atoms with Gasteiger partial charge in [-0.3, -0.25) is 4.79 Å². The SMILES string of the molecule is CC(C)(C)CC(C(=O)OCc1ccc(F)cc1)(C(F)(F)F)C(F)(F)F. The van der Waals surface area contributed by atoms with Crippen LogP contribution in [0.2, 0.25) is 0 Å². The summed E-state index contributed by atoms with van der Waals surface area (Å²) in [5, 5.41) is 0. The maximum absolute atomic E-state index is 13.4. The van der Waals surface area contributed by atoms with Crippen LogP contribution in [0.4, 0.5) is 30.7 Å². The van der Waals surface area contributed by atoms with Crippen LogP contribution < -0.4 is 0 Å². The van der Waals surface area contributed by atoms with E-state index in [1.54, 1.807) is 0 Å². The first kappa shape index (κ1) is 21.2. The molecule has 0 aliphatic carbocycles. The van der Waals surface area contributed by atoms with E-state index in [9.17, 15) is 35.5 Å². The van der Waals surface area contributed by atoms with Crippen molar-refractivity contribution >= 4 is 5.97 Å². The molecule has 0 amide bonds. The molecular formula is C16H17F7O2. The number of hydrogen-bond donors (Lipinski definition) is 0. The Labute approximate surface area is 140 Å². The molecule has 9 heteroatoms. The number of alkyl halides is 6. The fraction of sp³-hybridized carbons (Fsp3) is 0.562. The molecule has 0 heterocycles. The number of carbonyl (C=O) groups is 1. The maximum atomic E-state index is 13.4. The Bertz CT molecular complexity index is 581. The Morgan fingerprint density at radius 2 is 1.36 bits per heavy atom. The van der Waals surface area contributed by atoms with Crippen molar-refractivity contribution in [1.29, 1.82) is 0 Å². The lowest BCUT2D eigenvalue weighted by Gasteiger charge is -2.39. The van der Waals surface area contributed by atoms with Gasteiger partial charge in [0.2, 0.25) is 0 Å². The lowest BCUT2D eigenvalue weighted by Crippen LogP contribution is -2.57. The second kappa shape index (κ2) is 6.84. The van der Waals surface area contributed by atoms with E-state index in [-0.39, 0.29) is 5.56 Å². The van der Waals surface area contributed by atoms with Gasteiger partial charge in [0, 0.05) is 0 Å². The summed E-state index contributed by atoms with van der Waals surface area (Å²) < 4.78 is 97.3. The summed E-state index contributed by atoms with van der Waals surface area (Å²) in [7, 11) is 0. The van der Waals surface area contributed by atoms with E-state index in [0.29, 0.717) is 0 Å². The lowest BCUT2D eigenvalue weighted by molar-refractivity contribution is -0.339. The van der Waals surface area contributed by atoms with Crippen molar-refractivity contribution in [2.75, 3.05) is 0 Å². The van der Waals surface area contributed by atoms with E-state index in [0.717, 1.165) is 45.0 Å². The summed E-state index contributed by atoms with van der Waals surface area (Å²) in [6.07, 6.45) is -13.3. The van der Waals surface area contributed by atoms with E-state index in [4.69, 9.17) is 0 Å². The van der Waals surface area contributed by atoms with Gasteiger partial charge in [0.05, 0.1) is 0 Å². The van der Waals surface area contributed by atoms with Crippen LogP contribution in [0.25, 0.3) is 0 Å². The Morgan fingerprint density at radius 1 is 0.920 bits per heavy atom. The van der Waals surface area contributed by atoms with Crippen molar-refractivity contribution in [3.8, 4) is 0 Å². The third-order valence-corrected chi connectivity index (χ3v) is 3.39. The number of ether oxygens (including phenoxy) is 1. The van der Waals surface area contributed by atoms with Crippen molar-refractivity contribution in [1.82, 2.24) is 0 Å². The molecule has 0 atom stereocenters. The zero-order valence-corrected chi connectivity index (χ0v) is 13.7. The van der Waals surface area contributed by atoms with Crippen molar-refractivity contribution in [3.63, 3.8) is 0 Å². The summed E-state index contributed by atoms with van der Waals surface area (Å²) in [6.45, 7) is 2.64. The molecule has 0 aliphatic rings. The zero-order valence-electron chi connectivity index (χ0n) is 13.7. The highest BCUT2D eigenvalue weighted by molar-refractivity contribution is 5.79. The quantitative estimate of drug-likeness (QED) is 0.520. The molecule has 0 unspecified atom stereocenters. The fourth-order valence-electron chi connectivity index (χ4n) is 2.31. The van der Waals surface area contributed by atoms with Crippen LogP contribution in [0, 0.1) is 16.6 Å². The lowest BCUT2D eigenvalue weighted by atomic mass is 9.72. The first-order chi connectivity index (χ1) is 11.1. The van der Waals surface area contributed by atoms with Crippen LogP contribution in [-0.4, -0.2) is 18.3 Å². The van der Waals surface area contributed by atoms with Crippen LogP contribution in [0.15, 0.2) is 24.3 Å². The van der Waals surface area contributed by atoms with E-state index in [1.807, 2.05) is 0 Å². The molecule has 142 valence electrons. The highest BCUT2D eigenvalue weighted by Crippen LogP contribution is 2.56. The maximum Gasteiger partial charge on any atom is 0.413 e. The van der Waals surface area contributed by atoms with Crippen molar-refractivity contribution < 1.29 is 40.3 Å². The Kier molecular flexibility index (Phi) is 5.81. The predicted octanol–water partition coefficient (Wildman–Crippen LogP) is 5.42. The van der Waals surface area contributed by atoms with Gasteiger partial charge in [-0.2, -0.15) is 26.3 Å². The predicted molar refractivity (Wildman–Crippen MR) is 74.8 cm³/mol. The third kappa shape index (κ3) is 4.85. The monoisotopic (exact) mass is 374 g/mol. The van der Waals surface area contributed by atoms with Gasteiger partial charge in [-0.25, -0.2) is 4.39 Å². The second-order valence-electron chi connectivity index (χ2n) is 6.84. The van der Waals surface area contributed by atoms with E-state index in [2.05, 4.69) is 4.74 Å². The Balaban J connectivity index is 3.21. The standard InChI is InChI=1S/C16H17F7O2/c1-13(2,3)9-14(15(18,19)20,16(21,22)23)12(24)25-8-10-4-6-11(17)7-5-10/h4-7H,8-9H2,1-3H3. The number of rotatable bonds is 4. The van der Waals surface area contributed by atoms with E-state index >= 15 is 0 Å². The largest absolute Gasteiger partial charge is 0.460 e. The Morgan fingerprint density at radius 3 is 1.72 bits per heavy atom. The van der Waals surface area contributed by atoms with Gasteiger partial charge in [0.15, 0.2) is 0 Å². The fourth-order valence-corrected chi connectivity index (χ4v) is 2.31. The molecule has 0 spiro atoms. The minimum Gasteiger partial charge on any atom is -0.460 e. The zero-order chi connectivity index (χ0) is 19.7. The minimum absolute atomic E-state index is 0.0590. The van der Waals surface area contributed by atoms with Crippen LogP contribution in [-0.2, 0) is 16.1 Å².